The summed E-state index contributed by atoms with van der Waals surface area (Å²) in [7, 11) is 0. The summed E-state index contributed by atoms with van der Waals surface area (Å²) in [5.41, 5.74) is 5.91. The normalized spacial score (nSPS) is 20.0. The summed E-state index contributed by atoms with van der Waals surface area (Å²) in [5.74, 6) is -0.402. The van der Waals surface area contributed by atoms with Crippen LogP contribution in [0.5, 0.6) is 0 Å². The van der Waals surface area contributed by atoms with Gasteiger partial charge in [0, 0.05) is 5.56 Å². The number of primary amides is 1. The molecule has 17 heavy (non-hydrogen) atoms. The lowest BCUT2D eigenvalue weighted by atomic mass is 10.1. The molecule has 0 radical (unpaired) electrons. The van der Waals surface area contributed by atoms with Gasteiger partial charge in [0.05, 0.1) is 19.6 Å². The van der Waals surface area contributed by atoms with Crippen LogP contribution >= 0.6 is 0 Å². The molecule has 5 nitrogen and oxygen atoms in total. The molecule has 2 amide bonds. The number of hydrogen-bond acceptors (Lipinski definition) is 2. The highest BCUT2D eigenvalue weighted by Crippen LogP contribution is 2.05. The minimum Gasteiger partial charge on any atom is -0.364 e. The summed E-state index contributed by atoms with van der Waals surface area (Å²) in [6, 6.07) is 8.76. The summed E-state index contributed by atoms with van der Waals surface area (Å²) in [6.07, 6.45) is 0. The first kappa shape index (κ1) is 11.6. The van der Waals surface area contributed by atoms with Crippen molar-refractivity contribution in [3.8, 4) is 0 Å². The predicted octanol–water partition coefficient (Wildman–Crippen LogP) is -1.44. The summed E-state index contributed by atoms with van der Waals surface area (Å²) in [6.45, 7) is 1.76. The number of rotatable bonds is 2. The number of quaternary nitrogens is 1. The Hall–Kier alpha value is -1.88. The van der Waals surface area contributed by atoms with Crippen LogP contribution in [0.1, 0.15) is 10.4 Å². The van der Waals surface area contributed by atoms with Crippen molar-refractivity contribution in [1.82, 2.24) is 4.90 Å². The van der Waals surface area contributed by atoms with E-state index in [1.54, 1.807) is 17.0 Å². The molecule has 0 bridgehead atoms. The average Bonchev–Trinajstić information content (AvgIpc) is 2.39. The summed E-state index contributed by atoms with van der Waals surface area (Å²) >= 11 is 0. The van der Waals surface area contributed by atoms with Crippen molar-refractivity contribution >= 4 is 11.8 Å². The van der Waals surface area contributed by atoms with E-state index in [1.165, 1.54) is 0 Å². The molecular formula is C12H16N3O2+. The molecule has 0 aliphatic carbocycles. The fourth-order valence-electron chi connectivity index (χ4n) is 1.99. The number of piperazine rings is 1. The number of amides is 2. The van der Waals surface area contributed by atoms with Crippen LogP contribution < -0.4 is 11.1 Å². The molecule has 1 aromatic carbocycles. The van der Waals surface area contributed by atoms with E-state index in [9.17, 15) is 9.59 Å². The van der Waals surface area contributed by atoms with Crippen LogP contribution in [0.2, 0.25) is 0 Å². The molecule has 0 aromatic heterocycles. The maximum atomic E-state index is 12.1. The van der Waals surface area contributed by atoms with E-state index in [1.807, 2.05) is 23.5 Å². The molecule has 5 heteroatoms. The zero-order valence-electron chi connectivity index (χ0n) is 9.50. The second kappa shape index (κ2) is 4.97. The van der Waals surface area contributed by atoms with Gasteiger partial charge >= 0.3 is 0 Å². The highest BCUT2D eigenvalue weighted by atomic mass is 16.2. The third-order valence-electron chi connectivity index (χ3n) is 2.94. The maximum Gasteiger partial charge on any atom is 0.277 e. The van der Waals surface area contributed by atoms with Crippen molar-refractivity contribution < 1.29 is 14.9 Å². The van der Waals surface area contributed by atoms with Gasteiger partial charge in [0.1, 0.15) is 0 Å². The summed E-state index contributed by atoms with van der Waals surface area (Å²) < 4.78 is 0. The Morgan fingerprint density at radius 1 is 1.29 bits per heavy atom. The number of carbonyl (C=O) groups is 2. The first-order valence-electron chi connectivity index (χ1n) is 5.65. The Labute approximate surface area is 99.6 Å². The molecule has 1 heterocycles. The van der Waals surface area contributed by atoms with E-state index in [4.69, 9.17) is 5.73 Å². The summed E-state index contributed by atoms with van der Waals surface area (Å²) in [5, 5.41) is 1.89. The van der Waals surface area contributed by atoms with Gasteiger partial charge in [-0.3, -0.25) is 9.59 Å². The zero-order chi connectivity index (χ0) is 12.3. The van der Waals surface area contributed by atoms with Gasteiger partial charge in [0.15, 0.2) is 6.04 Å². The molecule has 4 N–H and O–H groups in total. The van der Waals surface area contributed by atoms with Crippen LogP contribution in [0.25, 0.3) is 0 Å². The average molecular weight is 234 g/mol. The lowest BCUT2D eigenvalue weighted by Crippen LogP contribution is -2.97. The van der Waals surface area contributed by atoms with E-state index in [0.717, 1.165) is 0 Å². The van der Waals surface area contributed by atoms with Crippen molar-refractivity contribution in [2.24, 2.45) is 5.73 Å². The second-order valence-electron chi connectivity index (χ2n) is 4.15. The Morgan fingerprint density at radius 3 is 2.65 bits per heavy atom. The van der Waals surface area contributed by atoms with Crippen molar-refractivity contribution in [2.45, 2.75) is 6.04 Å². The number of benzene rings is 1. The van der Waals surface area contributed by atoms with E-state index < -0.39 is 0 Å². The molecule has 0 saturated carbocycles. The van der Waals surface area contributed by atoms with Crippen molar-refractivity contribution in [3.63, 3.8) is 0 Å². The van der Waals surface area contributed by atoms with Gasteiger partial charge in [-0.05, 0) is 12.1 Å². The number of carbonyl (C=O) groups excluding carboxylic acids is 2. The smallest absolute Gasteiger partial charge is 0.277 e. The number of nitrogens with two attached hydrogens (primary N) is 2. The maximum absolute atomic E-state index is 12.1. The van der Waals surface area contributed by atoms with Gasteiger partial charge in [-0.2, -0.15) is 0 Å². The lowest BCUT2D eigenvalue weighted by Gasteiger charge is -2.29. The molecule has 0 spiro atoms. The van der Waals surface area contributed by atoms with Gasteiger partial charge < -0.3 is 16.0 Å². The van der Waals surface area contributed by atoms with E-state index in [-0.39, 0.29) is 17.9 Å². The van der Waals surface area contributed by atoms with Crippen LogP contribution in [0.15, 0.2) is 30.3 Å². The molecular weight excluding hydrogens is 218 g/mol. The fourth-order valence-corrected chi connectivity index (χ4v) is 1.99. The van der Waals surface area contributed by atoms with Gasteiger partial charge in [0.25, 0.3) is 11.8 Å². The third-order valence-corrected chi connectivity index (χ3v) is 2.94. The van der Waals surface area contributed by atoms with E-state index in [2.05, 4.69) is 0 Å². The molecule has 90 valence electrons. The Bertz CT molecular complexity index is 419. The SMILES string of the molecule is NC(=O)[C@@H]1CN(C(=O)c2ccccc2)CC[NH2+]1. The molecule has 2 rings (SSSR count). The van der Waals surface area contributed by atoms with E-state index in [0.29, 0.717) is 25.2 Å². The number of nitrogens with zero attached hydrogens (tertiary/aromatic N) is 1. The molecule has 1 aliphatic rings. The lowest BCUT2D eigenvalue weighted by molar-refractivity contribution is -0.683. The number of hydrogen-bond donors (Lipinski definition) is 2. The Balaban J connectivity index is 2.07. The highest BCUT2D eigenvalue weighted by molar-refractivity contribution is 5.94. The van der Waals surface area contributed by atoms with E-state index >= 15 is 0 Å². The van der Waals surface area contributed by atoms with Crippen LogP contribution in [-0.4, -0.2) is 42.4 Å². The topological polar surface area (TPSA) is 80.0 Å². The van der Waals surface area contributed by atoms with Gasteiger partial charge in [-0.1, -0.05) is 18.2 Å². The summed E-state index contributed by atoms with van der Waals surface area (Å²) in [4.78, 5) is 24.9. The quantitative estimate of drug-likeness (QED) is 0.657. The first-order valence-corrected chi connectivity index (χ1v) is 5.65. The minimum absolute atomic E-state index is 0.0371. The molecule has 0 unspecified atom stereocenters. The minimum atomic E-state index is -0.365. The Morgan fingerprint density at radius 2 is 2.00 bits per heavy atom. The van der Waals surface area contributed by atoms with Gasteiger partial charge in [0.2, 0.25) is 0 Å². The van der Waals surface area contributed by atoms with Crippen molar-refractivity contribution in [2.75, 3.05) is 19.6 Å². The molecule has 1 saturated heterocycles. The van der Waals surface area contributed by atoms with Crippen LogP contribution in [-0.2, 0) is 4.79 Å². The second-order valence-corrected chi connectivity index (χ2v) is 4.15. The van der Waals surface area contributed by atoms with Crippen LogP contribution in [0.4, 0.5) is 0 Å². The molecule has 1 aromatic rings. The predicted molar refractivity (Wildman–Crippen MR) is 62.1 cm³/mol. The van der Waals surface area contributed by atoms with Crippen molar-refractivity contribution in [3.05, 3.63) is 35.9 Å². The molecule has 1 aliphatic heterocycles. The third kappa shape index (κ3) is 2.62. The monoisotopic (exact) mass is 234 g/mol. The Kier molecular flexibility index (Phi) is 3.39. The fraction of sp³-hybridized carbons (Fsp3) is 0.333. The van der Waals surface area contributed by atoms with Crippen LogP contribution in [0, 0.1) is 0 Å². The standard InChI is InChI=1S/C12H15N3O2/c13-11(16)10-8-15(7-6-14-10)12(17)9-4-2-1-3-5-9/h1-5,10,14H,6-8H2,(H2,13,16)/p+1/t10-/m0/s1. The molecule has 1 fully saturated rings. The zero-order valence-corrected chi connectivity index (χ0v) is 9.50. The first-order chi connectivity index (χ1) is 8.18. The molecule has 1 atom stereocenters. The highest BCUT2D eigenvalue weighted by Gasteiger charge is 2.29. The van der Waals surface area contributed by atoms with Gasteiger partial charge in [-0.25, -0.2) is 0 Å². The van der Waals surface area contributed by atoms with Crippen LogP contribution in [0.3, 0.4) is 0 Å². The van der Waals surface area contributed by atoms with Crippen molar-refractivity contribution in [1.29, 1.82) is 0 Å². The largest absolute Gasteiger partial charge is 0.364 e. The van der Waals surface area contributed by atoms with Gasteiger partial charge in [-0.15, -0.1) is 0 Å².